The Morgan fingerprint density at radius 2 is 1.86 bits per heavy atom. The van der Waals surface area contributed by atoms with Crippen molar-refractivity contribution in [3.05, 3.63) is 89.0 Å². The van der Waals surface area contributed by atoms with Gasteiger partial charge in [0.05, 0.1) is 21.6 Å². The predicted molar refractivity (Wildman–Crippen MR) is 137 cm³/mol. The molecule has 1 atom stereocenters. The van der Waals surface area contributed by atoms with Crippen LogP contribution in [0, 0.1) is 9.39 Å². The van der Waals surface area contributed by atoms with Crippen LogP contribution in [0.2, 0.25) is 5.02 Å². The van der Waals surface area contributed by atoms with Crippen molar-refractivity contribution >= 4 is 62.7 Å². The van der Waals surface area contributed by atoms with Gasteiger partial charge in [-0.05, 0) is 52.8 Å². The minimum absolute atomic E-state index is 0.0975. The topological polar surface area (TPSA) is 85.5 Å². The van der Waals surface area contributed by atoms with Crippen LogP contribution in [0.1, 0.15) is 11.3 Å². The molecule has 3 aromatic rings. The van der Waals surface area contributed by atoms with Crippen molar-refractivity contribution < 1.29 is 22.4 Å². The maximum atomic E-state index is 14.7. The average Bonchev–Trinajstić information content (AvgIpc) is 3.13. The summed E-state index contributed by atoms with van der Waals surface area (Å²) in [4.78, 5) is 41.7. The first-order chi connectivity index (χ1) is 16.9. The Morgan fingerprint density at radius 1 is 1.17 bits per heavy atom. The summed E-state index contributed by atoms with van der Waals surface area (Å²) in [6.07, 6.45) is -4.54. The third-order valence-corrected chi connectivity index (χ3v) is 7.67. The highest BCUT2D eigenvalue weighted by Gasteiger charge is 2.35. The second-order valence-electron chi connectivity index (χ2n) is 7.61. The molecule has 0 bridgehead atoms. The first-order valence-corrected chi connectivity index (χ1v) is 12.4. The number of rotatable bonds is 4. The van der Waals surface area contributed by atoms with Gasteiger partial charge in [-0.1, -0.05) is 41.6 Å². The van der Waals surface area contributed by atoms with Crippen LogP contribution in [0.15, 0.2) is 57.0 Å². The van der Waals surface area contributed by atoms with Gasteiger partial charge in [-0.3, -0.25) is 14.2 Å². The number of nitrogens with one attached hydrogen (secondary N) is 1. The van der Waals surface area contributed by atoms with E-state index in [0.29, 0.717) is 6.42 Å². The van der Waals surface area contributed by atoms with E-state index in [4.69, 9.17) is 11.6 Å². The SMILES string of the molecule is Cn1c(C(F)(F)F)cc(=O)n(-c2cc(N=C3NC(=O)C(Cc4ccccc4I)S3)c(Cl)cc2F)c1=O. The maximum Gasteiger partial charge on any atom is 0.431 e. The Balaban J connectivity index is 1.72. The van der Waals surface area contributed by atoms with Crippen LogP contribution in [-0.4, -0.2) is 25.5 Å². The van der Waals surface area contributed by atoms with E-state index in [1.165, 1.54) is 0 Å². The highest BCUT2D eigenvalue weighted by atomic mass is 127. The summed E-state index contributed by atoms with van der Waals surface area (Å²) in [6, 6.07) is 9.49. The van der Waals surface area contributed by atoms with E-state index < -0.39 is 39.9 Å². The number of halogens is 6. The molecule has 1 aliphatic heterocycles. The number of amides is 1. The van der Waals surface area contributed by atoms with Crippen molar-refractivity contribution in [1.29, 1.82) is 0 Å². The molecule has 1 aromatic heterocycles. The molecule has 2 aromatic carbocycles. The number of carbonyl (C=O) groups is 1. The molecule has 0 radical (unpaired) electrons. The van der Waals surface area contributed by atoms with E-state index in [1.54, 1.807) is 0 Å². The van der Waals surface area contributed by atoms with Crippen LogP contribution >= 0.6 is 46.0 Å². The van der Waals surface area contributed by atoms with E-state index in [9.17, 15) is 31.9 Å². The van der Waals surface area contributed by atoms with Gasteiger partial charge in [0.25, 0.3) is 5.56 Å². The van der Waals surface area contributed by atoms with Crippen molar-refractivity contribution in [2.45, 2.75) is 17.8 Å². The number of aromatic nitrogens is 2. The number of carbonyl (C=O) groups excluding carboxylic acids is 1. The lowest BCUT2D eigenvalue weighted by atomic mass is 10.1. The minimum Gasteiger partial charge on any atom is -0.304 e. The van der Waals surface area contributed by atoms with Gasteiger partial charge in [-0.15, -0.1) is 0 Å². The van der Waals surface area contributed by atoms with Gasteiger partial charge in [0, 0.05) is 16.7 Å². The fourth-order valence-electron chi connectivity index (χ4n) is 3.47. The summed E-state index contributed by atoms with van der Waals surface area (Å²) in [5.41, 5.74) is -4.04. The van der Waals surface area contributed by atoms with Crippen molar-refractivity contribution in [3.63, 3.8) is 0 Å². The van der Waals surface area contributed by atoms with Crippen molar-refractivity contribution in [3.8, 4) is 5.69 Å². The van der Waals surface area contributed by atoms with E-state index >= 15 is 0 Å². The number of thioether (sulfide) groups is 1. The molecule has 1 saturated heterocycles. The van der Waals surface area contributed by atoms with Crippen LogP contribution in [0.5, 0.6) is 0 Å². The maximum absolute atomic E-state index is 14.7. The quantitative estimate of drug-likeness (QED) is 0.334. The Bertz CT molecular complexity index is 1540. The summed E-state index contributed by atoms with van der Waals surface area (Å²) >= 11 is 9.38. The molecule has 188 valence electrons. The van der Waals surface area contributed by atoms with Gasteiger partial charge in [0.15, 0.2) is 5.17 Å². The second-order valence-corrected chi connectivity index (χ2v) is 10.4. The Hall–Kier alpha value is -2.65. The molecular weight excluding hydrogens is 639 g/mol. The lowest BCUT2D eigenvalue weighted by molar-refractivity contribution is -0.144. The Labute approximate surface area is 223 Å². The fraction of sp³-hybridized carbons (Fsp3) is 0.182. The first-order valence-electron chi connectivity index (χ1n) is 10.1. The van der Waals surface area contributed by atoms with Crippen molar-refractivity contribution in [2.24, 2.45) is 12.0 Å². The first kappa shape index (κ1) is 26.4. The Morgan fingerprint density at radius 3 is 2.53 bits per heavy atom. The summed E-state index contributed by atoms with van der Waals surface area (Å²) < 4.78 is 55.6. The van der Waals surface area contributed by atoms with Gasteiger partial charge in [-0.25, -0.2) is 18.7 Å². The van der Waals surface area contributed by atoms with E-state index in [2.05, 4.69) is 32.9 Å². The van der Waals surface area contributed by atoms with E-state index in [0.717, 1.165) is 40.1 Å². The number of benzene rings is 2. The van der Waals surface area contributed by atoms with Crippen LogP contribution in [0.25, 0.3) is 5.69 Å². The summed E-state index contributed by atoms with van der Waals surface area (Å²) in [5.74, 6) is -1.42. The zero-order valence-electron chi connectivity index (χ0n) is 18.1. The van der Waals surface area contributed by atoms with Crippen molar-refractivity contribution in [2.75, 3.05) is 0 Å². The summed E-state index contributed by atoms with van der Waals surface area (Å²) in [5, 5.41) is 2.07. The molecule has 36 heavy (non-hydrogen) atoms. The minimum atomic E-state index is -4.96. The molecule has 0 saturated carbocycles. The molecule has 1 aliphatic rings. The molecule has 1 N–H and O–H groups in total. The van der Waals surface area contributed by atoms with Crippen LogP contribution < -0.4 is 16.6 Å². The molecule has 0 aliphatic carbocycles. The molecule has 1 amide bonds. The largest absolute Gasteiger partial charge is 0.431 e. The number of hydrogen-bond acceptors (Lipinski definition) is 5. The van der Waals surface area contributed by atoms with Crippen molar-refractivity contribution in [1.82, 2.24) is 14.5 Å². The second kappa shape index (κ2) is 10.0. The number of aliphatic imine (C=N–C) groups is 1. The number of hydrogen-bond donors (Lipinski definition) is 1. The molecule has 1 fully saturated rings. The highest BCUT2D eigenvalue weighted by molar-refractivity contribution is 14.1. The standard InChI is InChI=1S/C22H14ClF4IN4O3S/c1-31-17(22(25,26)27)9-18(33)32(21(31)35)15-8-14(11(23)7-12(15)24)29-20-30-19(34)16(36-20)6-10-4-2-3-5-13(10)28/h2-5,7-9,16H,6H2,1H3,(H,29,30,34). The zero-order valence-corrected chi connectivity index (χ0v) is 21.8. The lowest BCUT2D eigenvalue weighted by Gasteiger charge is -2.14. The molecule has 7 nitrogen and oxygen atoms in total. The third-order valence-electron chi connectivity index (χ3n) is 5.23. The zero-order chi connectivity index (χ0) is 26.4. The summed E-state index contributed by atoms with van der Waals surface area (Å²) in [6.45, 7) is 0. The highest BCUT2D eigenvalue weighted by Crippen LogP contribution is 2.33. The normalized spacial score (nSPS) is 17.0. The molecule has 14 heteroatoms. The van der Waals surface area contributed by atoms with E-state index in [1.807, 2.05) is 24.3 Å². The average molecular weight is 653 g/mol. The number of alkyl halides is 3. The summed E-state index contributed by atoms with van der Waals surface area (Å²) in [7, 11) is 0.814. The molecule has 0 spiro atoms. The van der Waals surface area contributed by atoms with E-state index in [-0.39, 0.29) is 37.0 Å². The molecule has 4 rings (SSSR count). The molecular formula is C22H14ClF4IN4O3S. The fourth-order valence-corrected chi connectivity index (χ4v) is 5.28. The van der Waals surface area contributed by atoms with Gasteiger partial charge in [0.1, 0.15) is 11.5 Å². The van der Waals surface area contributed by atoms with Gasteiger partial charge < -0.3 is 5.32 Å². The smallest absolute Gasteiger partial charge is 0.304 e. The third kappa shape index (κ3) is 5.22. The Kier molecular flexibility index (Phi) is 7.35. The lowest BCUT2D eigenvalue weighted by Crippen LogP contribution is -2.41. The van der Waals surface area contributed by atoms with Gasteiger partial charge in [0.2, 0.25) is 5.91 Å². The van der Waals surface area contributed by atoms with Gasteiger partial charge in [-0.2, -0.15) is 13.2 Å². The monoisotopic (exact) mass is 652 g/mol. The number of nitrogens with zero attached hydrogens (tertiary/aromatic N) is 3. The van der Waals surface area contributed by atoms with Crippen LogP contribution in [0.3, 0.4) is 0 Å². The molecule has 2 heterocycles. The molecule has 1 unspecified atom stereocenters. The number of amidine groups is 1. The predicted octanol–water partition coefficient (Wildman–Crippen LogP) is 4.41. The van der Waals surface area contributed by atoms with Gasteiger partial charge >= 0.3 is 11.9 Å². The van der Waals surface area contributed by atoms with Crippen LogP contribution in [-0.2, 0) is 24.4 Å². The van der Waals surface area contributed by atoms with Crippen LogP contribution in [0.4, 0.5) is 23.2 Å².